The maximum atomic E-state index is 12.0. The van der Waals surface area contributed by atoms with Crippen LogP contribution >= 0.6 is 11.6 Å². The van der Waals surface area contributed by atoms with Crippen molar-refractivity contribution in [3.05, 3.63) is 34.9 Å². The number of halogens is 1. The Morgan fingerprint density at radius 3 is 2.56 bits per heavy atom. The van der Waals surface area contributed by atoms with Crippen LogP contribution in [0.2, 0.25) is 5.02 Å². The number of aliphatic hydroxyl groups excluding tert-OH is 1. The summed E-state index contributed by atoms with van der Waals surface area (Å²) in [5.41, 5.74) is 0.752. The molecule has 1 aliphatic heterocycles. The molecule has 1 fully saturated rings. The van der Waals surface area contributed by atoms with E-state index in [0.717, 1.165) is 31.5 Å². The number of benzene rings is 1. The fourth-order valence-corrected chi connectivity index (χ4v) is 2.43. The molecule has 2 N–H and O–H groups in total. The summed E-state index contributed by atoms with van der Waals surface area (Å²) in [6.07, 6.45) is 1.25. The molecule has 1 atom stereocenters. The van der Waals surface area contributed by atoms with Gasteiger partial charge in [0.05, 0.1) is 6.10 Å². The number of Topliss-reactive ketones (excluding diaryl/α,β-unsaturated/α-hetero) is 1. The van der Waals surface area contributed by atoms with Crippen molar-refractivity contribution in [2.24, 2.45) is 5.92 Å². The van der Waals surface area contributed by atoms with E-state index in [1.807, 2.05) is 0 Å². The number of piperidine rings is 1. The van der Waals surface area contributed by atoms with Crippen LogP contribution in [-0.4, -0.2) is 24.0 Å². The number of carbonyl (C=O) groups excluding carboxylic acids is 1. The van der Waals surface area contributed by atoms with Gasteiger partial charge in [0.25, 0.3) is 0 Å². The summed E-state index contributed by atoms with van der Waals surface area (Å²) in [5.74, 6) is 0.271. The molecule has 1 aliphatic rings. The van der Waals surface area contributed by atoms with E-state index >= 15 is 0 Å². The topological polar surface area (TPSA) is 49.3 Å². The summed E-state index contributed by atoms with van der Waals surface area (Å²) in [6, 6.07) is 7.00. The molecule has 0 radical (unpaired) electrons. The first-order chi connectivity index (χ1) is 8.66. The molecule has 0 aliphatic carbocycles. The predicted octanol–water partition coefficient (Wildman–Crippen LogP) is 2.33. The van der Waals surface area contributed by atoms with Crippen LogP contribution in [0.1, 0.15) is 30.9 Å². The molecular formula is C14H18ClNO2. The van der Waals surface area contributed by atoms with Gasteiger partial charge in [-0.2, -0.15) is 0 Å². The minimum absolute atomic E-state index is 0.105. The Balaban J connectivity index is 1.91. The molecule has 98 valence electrons. The standard InChI is InChI=1S/C14H18ClNO2/c15-12-3-1-10(2-4-12)13(17)9-14(18)11-5-7-16-8-6-11/h1-4,11,13,16-17H,5-9H2. The van der Waals surface area contributed by atoms with Gasteiger partial charge >= 0.3 is 0 Å². The minimum Gasteiger partial charge on any atom is -0.388 e. The van der Waals surface area contributed by atoms with Gasteiger partial charge in [-0.05, 0) is 43.6 Å². The highest BCUT2D eigenvalue weighted by atomic mass is 35.5. The first-order valence-corrected chi connectivity index (χ1v) is 6.71. The zero-order valence-corrected chi connectivity index (χ0v) is 11.0. The van der Waals surface area contributed by atoms with Gasteiger partial charge in [0.2, 0.25) is 0 Å². The molecule has 1 unspecified atom stereocenters. The largest absolute Gasteiger partial charge is 0.388 e. The molecule has 0 aromatic heterocycles. The second-order valence-corrected chi connectivity index (χ2v) is 5.20. The number of nitrogens with one attached hydrogen (secondary N) is 1. The molecule has 18 heavy (non-hydrogen) atoms. The summed E-state index contributed by atoms with van der Waals surface area (Å²) >= 11 is 5.79. The van der Waals surface area contributed by atoms with E-state index in [2.05, 4.69) is 5.32 Å². The van der Waals surface area contributed by atoms with Crippen LogP contribution in [0.25, 0.3) is 0 Å². The fourth-order valence-electron chi connectivity index (χ4n) is 2.30. The molecule has 0 bridgehead atoms. The van der Waals surface area contributed by atoms with Crippen molar-refractivity contribution in [2.75, 3.05) is 13.1 Å². The number of ketones is 1. The van der Waals surface area contributed by atoms with E-state index in [1.165, 1.54) is 0 Å². The molecule has 1 heterocycles. The molecule has 1 aromatic carbocycles. The van der Waals surface area contributed by atoms with Gasteiger partial charge in [0.1, 0.15) is 5.78 Å². The van der Waals surface area contributed by atoms with E-state index in [0.29, 0.717) is 5.02 Å². The summed E-state index contributed by atoms with van der Waals surface area (Å²) in [6.45, 7) is 1.79. The zero-order valence-electron chi connectivity index (χ0n) is 10.2. The first-order valence-electron chi connectivity index (χ1n) is 6.34. The SMILES string of the molecule is O=C(CC(O)c1ccc(Cl)cc1)C1CCNCC1. The smallest absolute Gasteiger partial charge is 0.139 e. The number of hydrogen-bond donors (Lipinski definition) is 2. The lowest BCUT2D eigenvalue weighted by Crippen LogP contribution is -2.32. The number of hydrogen-bond acceptors (Lipinski definition) is 3. The monoisotopic (exact) mass is 267 g/mol. The Hall–Kier alpha value is -0.900. The Morgan fingerprint density at radius 1 is 1.33 bits per heavy atom. The third-order valence-electron chi connectivity index (χ3n) is 3.44. The number of rotatable bonds is 4. The van der Waals surface area contributed by atoms with E-state index in [9.17, 15) is 9.90 Å². The molecule has 1 aromatic rings. The van der Waals surface area contributed by atoms with Crippen molar-refractivity contribution in [1.82, 2.24) is 5.32 Å². The molecule has 0 spiro atoms. The van der Waals surface area contributed by atoms with Crippen LogP contribution in [0.5, 0.6) is 0 Å². The van der Waals surface area contributed by atoms with Gasteiger partial charge in [-0.3, -0.25) is 4.79 Å². The van der Waals surface area contributed by atoms with Gasteiger partial charge < -0.3 is 10.4 Å². The third kappa shape index (κ3) is 3.55. The summed E-state index contributed by atoms with van der Waals surface area (Å²) in [4.78, 5) is 12.0. The van der Waals surface area contributed by atoms with E-state index < -0.39 is 6.10 Å². The van der Waals surface area contributed by atoms with Crippen LogP contribution < -0.4 is 5.32 Å². The van der Waals surface area contributed by atoms with E-state index in [1.54, 1.807) is 24.3 Å². The van der Waals surface area contributed by atoms with Crippen molar-refractivity contribution in [1.29, 1.82) is 0 Å². The molecule has 3 nitrogen and oxygen atoms in total. The first kappa shape index (κ1) is 13.5. The predicted molar refractivity (Wildman–Crippen MR) is 71.6 cm³/mol. The highest BCUT2D eigenvalue weighted by molar-refractivity contribution is 6.30. The van der Waals surface area contributed by atoms with E-state index in [-0.39, 0.29) is 18.1 Å². The molecule has 4 heteroatoms. The fraction of sp³-hybridized carbons (Fsp3) is 0.500. The van der Waals surface area contributed by atoms with Crippen molar-refractivity contribution < 1.29 is 9.90 Å². The number of aliphatic hydroxyl groups is 1. The Morgan fingerprint density at radius 2 is 1.94 bits per heavy atom. The molecule has 2 rings (SSSR count). The molecular weight excluding hydrogens is 250 g/mol. The second-order valence-electron chi connectivity index (χ2n) is 4.76. The maximum Gasteiger partial charge on any atom is 0.139 e. The van der Waals surface area contributed by atoms with Gasteiger partial charge in [-0.25, -0.2) is 0 Å². The van der Waals surface area contributed by atoms with Gasteiger partial charge in [0.15, 0.2) is 0 Å². The van der Waals surface area contributed by atoms with Crippen LogP contribution in [-0.2, 0) is 4.79 Å². The van der Waals surface area contributed by atoms with Crippen molar-refractivity contribution in [3.63, 3.8) is 0 Å². The quantitative estimate of drug-likeness (QED) is 0.880. The van der Waals surface area contributed by atoms with E-state index in [4.69, 9.17) is 11.6 Å². The van der Waals surface area contributed by atoms with Crippen LogP contribution in [0, 0.1) is 5.92 Å². The Bertz CT molecular complexity index is 399. The zero-order chi connectivity index (χ0) is 13.0. The Labute approximate surface area is 112 Å². The van der Waals surface area contributed by atoms with Crippen LogP contribution in [0.15, 0.2) is 24.3 Å². The average Bonchev–Trinajstić information content (AvgIpc) is 2.40. The van der Waals surface area contributed by atoms with Crippen molar-refractivity contribution in [2.45, 2.75) is 25.4 Å². The lowest BCUT2D eigenvalue weighted by Gasteiger charge is -2.22. The Kier molecular flexibility index (Phi) is 4.75. The highest BCUT2D eigenvalue weighted by Crippen LogP contribution is 2.23. The van der Waals surface area contributed by atoms with Crippen LogP contribution in [0.3, 0.4) is 0 Å². The summed E-state index contributed by atoms with van der Waals surface area (Å²) in [7, 11) is 0. The highest BCUT2D eigenvalue weighted by Gasteiger charge is 2.23. The number of carbonyl (C=O) groups is 1. The summed E-state index contributed by atoms with van der Waals surface area (Å²) in [5, 5.41) is 13.9. The van der Waals surface area contributed by atoms with Crippen molar-refractivity contribution >= 4 is 17.4 Å². The third-order valence-corrected chi connectivity index (χ3v) is 3.70. The van der Waals surface area contributed by atoms with Gasteiger partial charge in [-0.15, -0.1) is 0 Å². The minimum atomic E-state index is -0.718. The normalized spacial score (nSPS) is 18.6. The van der Waals surface area contributed by atoms with Gasteiger partial charge in [-0.1, -0.05) is 23.7 Å². The van der Waals surface area contributed by atoms with Gasteiger partial charge in [0, 0.05) is 17.4 Å². The maximum absolute atomic E-state index is 12.0. The second kappa shape index (κ2) is 6.32. The lowest BCUT2D eigenvalue weighted by atomic mass is 9.89. The molecule has 0 saturated carbocycles. The summed E-state index contributed by atoms with van der Waals surface area (Å²) < 4.78 is 0. The molecule has 0 amide bonds. The van der Waals surface area contributed by atoms with Crippen molar-refractivity contribution in [3.8, 4) is 0 Å². The van der Waals surface area contributed by atoms with Crippen LogP contribution in [0.4, 0.5) is 0 Å². The lowest BCUT2D eigenvalue weighted by molar-refractivity contribution is -0.125. The average molecular weight is 268 g/mol. The molecule has 1 saturated heterocycles.